The minimum Gasteiger partial charge on any atom is -0.354 e. The Morgan fingerprint density at radius 1 is 0.611 bits per heavy atom. The second kappa shape index (κ2) is 6.69. The van der Waals surface area contributed by atoms with Gasteiger partial charge in [0, 0.05) is 27.3 Å². The first kappa shape index (κ1) is 20.4. The molecule has 0 atom stereocenters. The van der Waals surface area contributed by atoms with Crippen LogP contribution in [-0.2, 0) is 10.8 Å². The number of H-pyrrole nitrogens is 1. The summed E-state index contributed by atoms with van der Waals surface area (Å²) < 4.78 is 0. The molecule has 0 radical (unpaired) electrons. The molecule has 2 aliphatic rings. The lowest BCUT2D eigenvalue weighted by Gasteiger charge is -2.46. The molecule has 1 aromatic heterocycles. The molecule has 5 aromatic carbocycles. The fourth-order valence-electron chi connectivity index (χ4n) is 7.31. The Hall–Kier alpha value is -3.81. The van der Waals surface area contributed by atoms with Gasteiger partial charge in [0.25, 0.3) is 0 Å². The topological polar surface area (TPSA) is 15.8 Å². The summed E-state index contributed by atoms with van der Waals surface area (Å²) in [4.78, 5) is 3.76. The minimum absolute atomic E-state index is 0.106. The number of para-hydroxylation sites is 1. The molecule has 0 bridgehead atoms. The van der Waals surface area contributed by atoms with Crippen LogP contribution in [0.5, 0.6) is 0 Å². The maximum Gasteiger partial charge on any atom is 0.0720 e. The first-order valence-electron chi connectivity index (χ1n) is 12.6. The van der Waals surface area contributed by atoms with Crippen LogP contribution in [0.2, 0.25) is 5.02 Å². The van der Waals surface area contributed by atoms with Crippen molar-refractivity contribution < 1.29 is 0 Å². The van der Waals surface area contributed by atoms with E-state index in [9.17, 15) is 0 Å². The summed E-state index contributed by atoms with van der Waals surface area (Å²) in [6.45, 7) is 4.71. The third kappa shape index (κ3) is 2.20. The first-order chi connectivity index (χ1) is 17.5. The van der Waals surface area contributed by atoms with Gasteiger partial charge in [-0.25, -0.2) is 0 Å². The van der Waals surface area contributed by atoms with Gasteiger partial charge in [0.1, 0.15) is 0 Å². The molecule has 0 saturated heterocycles. The highest BCUT2D eigenvalue weighted by Crippen LogP contribution is 2.63. The molecule has 0 amide bonds. The normalized spacial score (nSPS) is 16.1. The van der Waals surface area contributed by atoms with Crippen molar-refractivity contribution in [3.63, 3.8) is 0 Å². The lowest BCUT2D eigenvalue weighted by molar-refractivity contribution is 0.563. The van der Waals surface area contributed by atoms with Crippen molar-refractivity contribution in [1.82, 2.24) is 4.98 Å². The number of hydrogen-bond donors (Lipinski definition) is 1. The number of aromatic amines is 1. The van der Waals surface area contributed by atoms with Crippen LogP contribution in [0, 0.1) is 0 Å². The Labute approximate surface area is 215 Å². The molecular formula is C34H24ClN. The molecule has 0 unspecified atom stereocenters. The van der Waals surface area contributed by atoms with Gasteiger partial charge in [0.15, 0.2) is 0 Å². The number of nitrogens with one attached hydrogen (secondary N) is 1. The maximum absolute atomic E-state index is 7.20. The molecule has 36 heavy (non-hydrogen) atoms. The molecule has 1 heterocycles. The summed E-state index contributed by atoms with van der Waals surface area (Å²) in [6, 6.07) is 37.7. The van der Waals surface area contributed by atoms with Crippen molar-refractivity contribution >= 4 is 33.4 Å². The number of halogens is 1. The Morgan fingerprint density at radius 2 is 1.17 bits per heavy atom. The summed E-state index contributed by atoms with van der Waals surface area (Å²) >= 11 is 7.20. The molecule has 2 aliphatic carbocycles. The first-order valence-corrected chi connectivity index (χ1v) is 13.0. The van der Waals surface area contributed by atoms with E-state index in [0.717, 1.165) is 21.4 Å². The van der Waals surface area contributed by atoms with E-state index < -0.39 is 5.41 Å². The number of fused-ring (bicyclic) bond motifs is 13. The monoisotopic (exact) mass is 481 g/mol. The summed E-state index contributed by atoms with van der Waals surface area (Å²) in [5, 5.41) is 3.08. The van der Waals surface area contributed by atoms with Crippen molar-refractivity contribution in [2.45, 2.75) is 24.7 Å². The third-order valence-electron chi connectivity index (χ3n) is 8.75. The van der Waals surface area contributed by atoms with Gasteiger partial charge in [-0.05, 0) is 51.1 Å². The van der Waals surface area contributed by atoms with Crippen molar-refractivity contribution in [3.8, 4) is 11.1 Å². The van der Waals surface area contributed by atoms with Crippen LogP contribution in [0.25, 0.3) is 32.9 Å². The van der Waals surface area contributed by atoms with Crippen molar-refractivity contribution in [1.29, 1.82) is 0 Å². The Morgan fingerprint density at radius 3 is 1.86 bits per heavy atom. The van der Waals surface area contributed by atoms with E-state index >= 15 is 0 Å². The summed E-state index contributed by atoms with van der Waals surface area (Å²) in [5.74, 6) is 0. The number of hydrogen-bond acceptors (Lipinski definition) is 0. The highest BCUT2D eigenvalue weighted by atomic mass is 35.5. The zero-order valence-corrected chi connectivity index (χ0v) is 20.9. The highest BCUT2D eigenvalue weighted by Gasteiger charge is 2.53. The molecule has 0 saturated carbocycles. The summed E-state index contributed by atoms with van der Waals surface area (Å²) in [6.07, 6.45) is 0. The van der Waals surface area contributed by atoms with Crippen LogP contribution in [0.3, 0.4) is 0 Å². The predicted molar refractivity (Wildman–Crippen MR) is 150 cm³/mol. The van der Waals surface area contributed by atoms with Gasteiger partial charge in [-0.2, -0.15) is 0 Å². The van der Waals surface area contributed by atoms with Crippen LogP contribution in [-0.4, -0.2) is 4.98 Å². The van der Waals surface area contributed by atoms with Gasteiger partial charge in [-0.3, -0.25) is 0 Å². The largest absolute Gasteiger partial charge is 0.354 e. The van der Waals surface area contributed by atoms with E-state index in [0.29, 0.717) is 0 Å². The Kier molecular flexibility index (Phi) is 3.79. The zero-order valence-electron chi connectivity index (χ0n) is 20.2. The van der Waals surface area contributed by atoms with Crippen LogP contribution in [0.15, 0.2) is 103 Å². The molecule has 0 fully saturated rings. The molecule has 1 spiro atoms. The predicted octanol–water partition coefficient (Wildman–Crippen LogP) is 8.98. The van der Waals surface area contributed by atoms with Gasteiger partial charge >= 0.3 is 0 Å². The van der Waals surface area contributed by atoms with E-state index in [1.54, 1.807) is 0 Å². The highest BCUT2D eigenvalue weighted by molar-refractivity contribution is 6.39. The van der Waals surface area contributed by atoms with Crippen molar-refractivity contribution in [3.05, 3.63) is 142 Å². The standard InChI is InChI=1S/C34H24ClN/c1-33(2)23-14-6-8-16-25(23)34(26-17-9-7-15-24(26)33)22-13-5-3-11-20(22)30-27(34)19-28(35)31-21-12-4-10-18-29(21)36-32(30)31/h3-19,36H,1-2H3. The Bertz CT molecular complexity index is 1840. The van der Waals surface area contributed by atoms with E-state index in [1.807, 2.05) is 0 Å². The van der Waals surface area contributed by atoms with Crippen molar-refractivity contribution in [2.75, 3.05) is 0 Å². The SMILES string of the molecule is CC1(C)c2ccccc2C2(c3ccccc3-c3c2cc(Cl)c2c3[nH]c3ccccc32)c2ccccc21. The van der Waals surface area contributed by atoms with E-state index in [4.69, 9.17) is 11.6 Å². The number of aromatic nitrogens is 1. The van der Waals surface area contributed by atoms with E-state index in [-0.39, 0.29) is 5.41 Å². The molecular weight excluding hydrogens is 458 g/mol. The molecule has 8 rings (SSSR count). The average molecular weight is 482 g/mol. The summed E-state index contributed by atoms with van der Waals surface area (Å²) in [5.41, 5.74) is 12.3. The summed E-state index contributed by atoms with van der Waals surface area (Å²) in [7, 11) is 0. The fraction of sp³-hybridized carbons (Fsp3) is 0.118. The van der Waals surface area contributed by atoms with Gasteiger partial charge in [-0.15, -0.1) is 0 Å². The van der Waals surface area contributed by atoms with Gasteiger partial charge in [0.2, 0.25) is 0 Å². The number of rotatable bonds is 0. The molecule has 0 aliphatic heterocycles. The van der Waals surface area contributed by atoms with E-state index in [1.165, 1.54) is 49.9 Å². The minimum atomic E-state index is -0.427. The van der Waals surface area contributed by atoms with Crippen molar-refractivity contribution in [2.24, 2.45) is 0 Å². The van der Waals surface area contributed by atoms with Crippen LogP contribution in [0.1, 0.15) is 47.2 Å². The molecule has 172 valence electrons. The quantitative estimate of drug-likeness (QED) is 0.222. The lowest BCUT2D eigenvalue weighted by Crippen LogP contribution is -2.40. The van der Waals surface area contributed by atoms with Gasteiger partial charge < -0.3 is 4.98 Å². The Balaban J connectivity index is 1.65. The smallest absolute Gasteiger partial charge is 0.0720 e. The van der Waals surface area contributed by atoms with Crippen LogP contribution < -0.4 is 0 Å². The average Bonchev–Trinajstić information content (AvgIpc) is 3.43. The second-order valence-corrected chi connectivity index (χ2v) is 11.1. The molecule has 1 N–H and O–H groups in total. The second-order valence-electron chi connectivity index (χ2n) is 10.7. The van der Waals surface area contributed by atoms with E-state index in [2.05, 4.69) is 122 Å². The third-order valence-corrected chi connectivity index (χ3v) is 9.05. The molecule has 6 aromatic rings. The lowest BCUT2D eigenvalue weighted by atomic mass is 9.55. The van der Waals surface area contributed by atoms with Crippen LogP contribution >= 0.6 is 11.6 Å². The zero-order chi connectivity index (χ0) is 24.2. The maximum atomic E-state index is 7.20. The van der Waals surface area contributed by atoms with Crippen LogP contribution in [0.4, 0.5) is 0 Å². The number of benzene rings is 5. The van der Waals surface area contributed by atoms with Gasteiger partial charge in [0.05, 0.1) is 16.0 Å². The molecule has 2 heteroatoms. The molecule has 1 nitrogen and oxygen atoms in total. The fourth-order valence-corrected chi connectivity index (χ4v) is 7.62. The van der Waals surface area contributed by atoms with Gasteiger partial charge in [-0.1, -0.05) is 116 Å².